The Morgan fingerprint density at radius 3 is 2.50 bits per heavy atom. The van der Waals surface area contributed by atoms with Gasteiger partial charge in [-0.2, -0.15) is 0 Å². The molecule has 18 heavy (non-hydrogen) atoms. The van der Waals surface area contributed by atoms with Crippen molar-refractivity contribution >= 4 is 27.5 Å². The first-order valence-corrected chi connectivity index (χ1v) is 7.64. The molecule has 0 bridgehead atoms. The molecule has 0 unspecified atom stereocenters. The smallest absolute Gasteiger partial charge is 0.142 e. The van der Waals surface area contributed by atoms with E-state index in [9.17, 15) is 4.39 Å². The molecule has 0 aromatic heterocycles. The summed E-state index contributed by atoms with van der Waals surface area (Å²) in [6, 6.07) is 5.02. The van der Waals surface area contributed by atoms with Gasteiger partial charge in [0.15, 0.2) is 0 Å². The molecule has 0 spiro atoms. The number of halogens is 3. The highest BCUT2D eigenvalue weighted by Gasteiger charge is 2.17. The van der Waals surface area contributed by atoms with Gasteiger partial charge in [0.2, 0.25) is 0 Å². The van der Waals surface area contributed by atoms with Crippen LogP contribution in [0.4, 0.5) is 4.39 Å². The van der Waals surface area contributed by atoms with Crippen molar-refractivity contribution in [2.75, 3.05) is 38.1 Å². The Bertz CT molecular complexity index is 395. The van der Waals surface area contributed by atoms with Gasteiger partial charge < -0.3 is 0 Å². The minimum Gasteiger partial charge on any atom is -0.300 e. The third-order valence-corrected chi connectivity index (χ3v) is 4.07. The van der Waals surface area contributed by atoms with E-state index in [2.05, 4.69) is 25.7 Å². The van der Waals surface area contributed by atoms with Crippen LogP contribution in [0.2, 0.25) is 5.02 Å². The third kappa shape index (κ3) is 3.67. The van der Waals surface area contributed by atoms with Crippen LogP contribution in [0.1, 0.15) is 5.56 Å². The number of piperazine rings is 1. The summed E-state index contributed by atoms with van der Waals surface area (Å²) in [4.78, 5) is 4.75. The van der Waals surface area contributed by atoms with E-state index < -0.39 is 0 Å². The van der Waals surface area contributed by atoms with Crippen molar-refractivity contribution in [3.63, 3.8) is 0 Å². The maximum atomic E-state index is 13.3. The Kier molecular flexibility index (Phi) is 5.42. The zero-order valence-electron chi connectivity index (χ0n) is 10.2. The molecule has 0 atom stereocenters. The summed E-state index contributed by atoms with van der Waals surface area (Å²) in [5.74, 6) is -0.327. The van der Waals surface area contributed by atoms with Crippen LogP contribution in [-0.4, -0.2) is 47.9 Å². The molecule has 1 fully saturated rings. The van der Waals surface area contributed by atoms with E-state index in [1.807, 2.05) is 6.07 Å². The quantitative estimate of drug-likeness (QED) is 0.781. The predicted octanol–water partition coefficient (Wildman–Crippen LogP) is 2.99. The zero-order valence-corrected chi connectivity index (χ0v) is 12.6. The van der Waals surface area contributed by atoms with Gasteiger partial charge in [-0.25, -0.2) is 4.39 Å². The van der Waals surface area contributed by atoms with Crippen molar-refractivity contribution in [3.05, 3.63) is 34.6 Å². The molecule has 0 aliphatic carbocycles. The topological polar surface area (TPSA) is 6.48 Å². The van der Waals surface area contributed by atoms with Crippen molar-refractivity contribution in [1.29, 1.82) is 0 Å². The Balaban J connectivity index is 1.90. The maximum absolute atomic E-state index is 13.3. The van der Waals surface area contributed by atoms with Crippen molar-refractivity contribution < 1.29 is 4.39 Å². The van der Waals surface area contributed by atoms with E-state index >= 15 is 0 Å². The standard InChI is InChI=1S/C13H17BrClFN2/c14-4-5-17-6-8-18(9-7-17)10-11-2-1-3-12(16)13(11)15/h1-3H,4-10H2. The van der Waals surface area contributed by atoms with Crippen LogP contribution in [0, 0.1) is 5.82 Å². The van der Waals surface area contributed by atoms with Gasteiger partial charge in [0, 0.05) is 44.6 Å². The Labute approximate surface area is 121 Å². The first kappa shape index (κ1) is 14.3. The van der Waals surface area contributed by atoms with Gasteiger partial charge >= 0.3 is 0 Å². The number of nitrogens with zero attached hydrogens (tertiary/aromatic N) is 2. The van der Waals surface area contributed by atoms with E-state index in [1.54, 1.807) is 6.07 Å². The predicted molar refractivity (Wildman–Crippen MR) is 76.9 cm³/mol. The number of hydrogen-bond donors (Lipinski definition) is 0. The zero-order chi connectivity index (χ0) is 13.0. The van der Waals surface area contributed by atoms with E-state index in [-0.39, 0.29) is 10.8 Å². The molecule has 5 heteroatoms. The van der Waals surface area contributed by atoms with Gasteiger partial charge in [0.05, 0.1) is 5.02 Å². The fourth-order valence-corrected chi connectivity index (χ4v) is 2.89. The average Bonchev–Trinajstić information content (AvgIpc) is 2.38. The van der Waals surface area contributed by atoms with Crippen LogP contribution >= 0.6 is 27.5 Å². The lowest BCUT2D eigenvalue weighted by Crippen LogP contribution is -2.46. The normalized spacial score (nSPS) is 18.2. The Morgan fingerprint density at radius 1 is 1.17 bits per heavy atom. The SMILES string of the molecule is Fc1cccc(CN2CCN(CCBr)CC2)c1Cl. The molecule has 1 aromatic carbocycles. The molecule has 0 radical (unpaired) electrons. The Hall–Kier alpha value is -0.160. The summed E-state index contributed by atoms with van der Waals surface area (Å²) >= 11 is 9.43. The summed E-state index contributed by atoms with van der Waals surface area (Å²) in [6.45, 7) is 5.99. The molecule has 1 aromatic rings. The molecule has 1 heterocycles. The van der Waals surface area contributed by atoms with E-state index in [4.69, 9.17) is 11.6 Å². The molecule has 0 amide bonds. The van der Waals surface area contributed by atoms with Crippen molar-refractivity contribution in [2.24, 2.45) is 0 Å². The fourth-order valence-electron chi connectivity index (χ4n) is 2.20. The van der Waals surface area contributed by atoms with Crippen molar-refractivity contribution in [1.82, 2.24) is 9.80 Å². The second-order valence-corrected chi connectivity index (χ2v) is 5.69. The van der Waals surface area contributed by atoms with Gasteiger partial charge in [-0.3, -0.25) is 9.80 Å². The van der Waals surface area contributed by atoms with Crippen LogP contribution in [0.15, 0.2) is 18.2 Å². The first-order chi connectivity index (χ1) is 8.70. The first-order valence-electron chi connectivity index (χ1n) is 6.14. The second-order valence-electron chi connectivity index (χ2n) is 4.52. The molecule has 100 valence electrons. The van der Waals surface area contributed by atoms with E-state index in [0.29, 0.717) is 0 Å². The monoisotopic (exact) mass is 334 g/mol. The van der Waals surface area contributed by atoms with Crippen LogP contribution in [0.25, 0.3) is 0 Å². The summed E-state index contributed by atoms with van der Waals surface area (Å²) < 4.78 is 13.3. The lowest BCUT2D eigenvalue weighted by molar-refractivity contribution is 0.133. The van der Waals surface area contributed by atoms with Crippen molar-refractivity contribution in [2.45, 2.75) is 6.54 Å². The summed E-state index contributed by atoms with van der Waals surface area (Å²) in [7, 11) is 0. The van der Waals surface area contributed by atoms with E-state index in [0.717, 1.165) is 50.2 Å². The van der Waals surface area contributed by atoms with Crippen LogP contribution in [0.3, 0.4) is 0 Å². The minimum absolute atomic E-state index is 0.264. The van der Waals surface area contributed by atoms with Gasteiger partial charge in [-0.15, -0.1) is 0 Å². The highest BCUT2D eigenvalue weighted by atomic mass is 79.9. The third-order valence-electron chi connectivity index (χ3n) is 3.29. The Morgan fingerprint density at radius 2 is 1.83 bits per heavy atom. The summed E-state index contributed by atoms with van der Waals surface area (Å²) in [5.41, 5.74) is 0.880. The molecule has 2 nitrogen and oxygen atoms in total. The molecule has 0 saturated carbocycles. The summed E-state index contributed by atoms with van der Waals surface area (Å²) in [5, 5.41) is 1.28. The van der Waals surface area contributed by atoms with Crippen LogP contribution in [-0.2, 0) is 6.54 Å². The number of rotatable bonds is 4. The second kappa shape index (κ2) is 6.85. The van der Waals surface area contributed by atoms with E-state index in [1.165, 1.54) is 6.07 Å². The van der Waals surface area contributed by atoms with Gasteiger partial charge in [-0.1, -0.05) is 39.7 Å². The number of alkyl halides is 1. The van der Waals surface area contributed by atoms with Gasteiger partial charge in [-0.05, 0) is 11.6 Å². The lowest BCUT2D eigenvalue weighted by atomic mass is 10.2. The number of hydrogen-bond acceptors (Lipinski definition) is 2. The maximum Gasteiger partial charge on any atom is 0.142 e. The minimum atomic E-state index is -0.327. The molecule has 0 N–H and O–H groups in total. The van der Waals surface area contributed by atoms with Crippen molar-refractivity contribution in [3.8, 4) is 0 Å². The summed E-state index contributed by atoms with van der Waals surface area (Å²) in [6.07, 6.45) is 0. The average molecular weight is 336 g/mol. The largest absolute Gasteiger partial charge is 0.300 e. The highest BCUT2D eigenvalue weighted by Crippen LogP contribution is 2.21. The number of benzene rings is 1. The van der Waals surface area contributed by atoms with Gasteiger partial charge in [0.25, 0.3) is 0 Å². The molecule has 1 aliphatic heterocycles. The molecule has 1 saturated heterocycles. The molecular weight excluding hydrogens is 319 g/mol. The molecular formula is C13H17BrClFN2. The fraction of sp³-hybridized carbons (Fsp3) is 0.538. The molecule has 1 aliphatic rings. The highest BCUT2D eigenvalue weighted by molar-refractivity contribution is 9.09. The molecule has 2 rings (SSSR count). The van der Waals surface area contributed by atoms with Gasteiger partial charge in [0.1, 0.15) is 5.82 Å². The lowest BCUT2D eigenvalue weighted by Gasteiger charge is -2.34. The van der Waals surface area contributed by atoms with Crippen LogP contribution < -0.4 is 0 Å². The van der Waals surface area contributed by atoms with Crippen LogP contribution in [0.5, 0.6) is 0 Å².